The van der Waals surface area contributed by atoms with E-state index in [1.807, 2.05) is 37.3 Å². The van der Waals surface area contributed by atoms with Gasteiger partial charge in [0.25, 0.3) is 0 Å². The molecule has 0 radical (unpaired) electrons. The zero-order valence-electron chi connectivity index (χ0n) is 13.2. The van der Waals surface area contributed by atoms with Gasteiger partial charge in [0.1, 0.15) is 11.9 Å². The number of halogens is 1. The van der Waals surface area contributed by atoms with Crippen LogP contribution in [0.5, 0.6) is 5.75 Å². The lowest BCUT2D eigenvalue weighted by atomic mass is 10.1. The molecule has 0 saturated heterocycles. The van der Waals surface area contributed by atoms with Crippen molar-refractivity contribution in [1.29, 1.82) is 0 Å². The predicted molar refractivity (Wildman–Crippen MR) is 90.8 cm³/mol. The number of urea groups is 1. The van der Waals surface area contributed by atoms with Gasteiger partial charge < -0.3 is 20.5 Å². The topological polar surface area (TPSA) is 70.6 Å². The third kappa shape index (κ3) is 5.44. The summed E-state index contributed by atoms with van der Waals surface area (Å²) in [5, 5.41) is 15.3. The number of benzene rings is 1. The zero-order chi connectivity index (χ0) is 16.7. The first-order valence-corrected chi connectivity index (χ1v) is 8.25. The van der Waals surface area contributed by atoms with E-state index in [9.17, 15) is 4.79 Å². The Labute approximate surface area is 141 Å². The van der Waals surface area contributed by atoms with Gasteiger partial charge in [0.05, 0.1) is 11.6 Å². The van der Waals surface area contributed by atoms with Crippen molar-refractivity contribution in [3.63, 3.8) is 0 Å². The number of hydrogen-bond donors (Lipinski definition) is 3. The number of carbonyl (C=O) groups is 1. The molecule has 0 aromatic heterocycles. The van der Waals surface area contributed by atoms with E-state index in [1.54, 1.807) is 6.07 Å². The molecule has 0 heterocycles. The summed E-state index contributed by atoms with van der Waals surface area (Å²) in [4.78, 5) is 11.9. The smallest absolute Gasteiger partial charge is 0.315 e. The van der Waals surface area contributed by atoms with Crippen LogP contribution in [-0.2, 0) is 0 Å². The average molecular weight is 339 g/mol. The first-order valence-electron chi connectivity index (χ1n) is 7.87. The van der Waals surface area contributed by atoms with Crippen LogP contribution in [-0.4, -0.2) is 36.4 Å². The van der Waals surface area contributed by atoms with E-state index in [0.717, 1.165) is 12.8 Å². The lowest BCUT2D eigenvalue weighted by molar-refractivity contribution is 0.188. The molecule has 1 aromatic rings. The van der Waals surface area contributed by atoms with Crippen molar-refractivity contribution in [2.24, 2.45) is 5.92 Å². The molecule has 1 unspecified atom stereocenters. The van der Waals surface area contributed by atoms with Gasteiger partial charge in [0.2, 0.25) is 0 Å². The number of carbonyl (C=O) groups excluding carboxylic acids is 1. The maximum atomic E-state index is 11.9. The van der Waals surface area contributed by atoms with Crippen LogP contribution in [0.4, 0.5) is 4.79 Å². The van der Waals surface area contributed by atoms with Crippen LogP contribution in [0.2, 0.25) is 5.02 Å². The Morgan fingerprint density at radius 2 is 2.22 bits per heavy atom. The fourth-order valence-electron chi connectivity index (χ4n) is 2.43. The SMILES string of the molecule is CCC(CNC(=O)N[C@@H]1C=C[C@H](CO)C1)Oc1ccccc1Cl. The molecule has 0 aliphatic heterocycles. The molecule has 5 nitrogen and oxygen atoms in total. The van der Waals surface area contributed by atoms with Crippen molar-refractivity contribution in [3.8, 4) is 5.75 Å². The number of aliphatic hydroxyl groups excluding tert-OH is 1. The highest BCUT2D eigenvalue weighted by atomic mass is 35.5. The summed E-state index contributed by atoms with van der Waals surface area (Å²) in [6.07, 6.45) is 5.18. The van der Waals surface area contributed by atoms with Crippen molar-refractivity contribution in [2.45, 2.75) is 31.9 Å². The van der Waals surface area contributed by atoms with Gasteiger partial charge in [-0.15, -0.1) is 0 Å². The van der Waals surface area contributed by atoms with E-state index in [4.69, 9.17) is 21.4 Å². The molecule has 23 heavy (non-hydrogen) atoms. The fraction of sp³-hybridized carbons (Fsp3) is 0.471. The lowest BCUT2D eigenvalue weighted by Gasteiger charge is -2.20. The Morgan fingerprint density at radius 3 is 2.87 bits per heavy atom. The largest absolute Gasteiger partial charge is 0.487 e. The molecular weight excluding hydrogens is 316 g/mol. The van der Waals surface area contributed by atoms with Gasteiger partial charge in [-0.25, -0.2) is 4.79 Å². The molecule has 1 aliphatic carbocycles. The van der Waals surface area contributed by atoms with Crippen molar-refractivity contribution in [3.05, 3.63) is 41.4 Å². The molecule has 0 bridgehead atoms. The lowest BCUT2D eigenvalue weighted by Crippen LogP contribution is -2.44. The quantitative estimate of drug-likeness (QED) is 0.669. The van der Waals surface area contributed by atoms with Crippen molar-refractivity contribution < 1.29 is 14.6 Å². The van der Waals surface area contributed by atoms with Crippen LogP contribution in [0.1, 0.15) is 19.8 Å². The molecule has 2 amide bonds. The summed E-state index contributed by atoms with van der Waals surface area (Å²) in [5.41, 5.74) is 0. The van der Waals surface area contributed by atoms with Gasteiger partial charge in [-0.3, -0.25) is 0 Å². The summed E-state index contributed by atoms with van der Waals surface area (Å²) in [6.45, 7) is 2.50. The van der Waals surface area contributed by atoms with Gasteiger partial charge in [-0.2, -0.15) is 0 Å². The molecule has 6 heteroatoms. The highest BCUT2D eigenvalue weighted by Gasteiger charge is 2.20. The van der Waals surface area contributed by atoms with Gasteiger partial charge in [-0.05, 0) is 25.0 Å². The Kier molecular flexibility index (Phi) is 6.74. The van der Waals surface area contributed by atoms with Crippen LogP contribution in [0.3, 0.4) is 0 Å². The summed E-state index contributed by atoms with van der Waals surface area (Å²) in [5.74, 6) is 0.750. The van der Waals surface area contributed by atoms with E-state index in [0.29, 0.717) is 17.3 Å². The Hall–Kier alpha value is -1.72. The van der Waals surface area contributed by atoms with Gasteiger partial charge in [0, 0.05) is 18.6 Å². The Morgan fingerprint density at radius 1 is 1.43 bits per heavy atom. The second-order valence-corrected chi connectivity index (χ2v) is 6.01. The third-order valence-corrected chi connectivity index (χ3v) is 4.11. The van der Waals surface area contributed by atoms with E-state index in [2.05, 4.69) is 10.6 Å². The van der Waals surface area contributed by atoms with Crippen LogP contribution < -0.4 is 15.4 Å². The van der Waals surface area contributed by atoms with E-state index in [-0.39, 0.29) is 30.7 Å². The highest BCUT2D eigenvalue weighted by Crippen LogP contribution is 2.24. The van der Waals surface area contributed by atoms with Gasteiger partial charge >= 0.3 is 6.03 Å². The molecule has 1 aliphatic rings. The number of aliphatic hydroxyl groups is 1. The number of amides is 2. The van der Waals surface area contributed by atoms with Crippen LogP contribution in [0.15, 0.2) is 36.4 Å². The minimum atomic E-state index is -0.237. The summed E-state index contributed by atoms with van der Waals surface area (Å²) in [7, 11) is 0. The zero-order valence-corrected chi connectivity index (χ0v) is 13.9. The molecule has 2 rings (SSSR count). The van der Waals surface area contributed by atoms with E-state index >= 15 is 0 Å². The van der Waals surface area contributed by atoms with E-state index < -0.39 is 0 Å². The second-order valence-electron chi connectivity index (χ2n) is 5.60. The molecule has 0 fully saturated rings. The minimum Gasteiger partial charge on any atom is -0.487 e. The molecule has 1 aromatic carbocycles. The fourth-order valence-corrected chi connectivity index (χ4v) is 2.61. The normalized spacial score (nSPS) is 21.0. The number of hydrogen-bond acceptors (Lipinski definition) is 3. The maximum Gasteiger partial charge on any atom is 0.315 e. The Balaban J connectivity index is 1.76. The van der Waals surface area contributed by atoms with Crippen LogP contribution in [0, 0.1) is 5.92 Å². The van der Waals surface area contributed by atoms with Crippen LogP contribution in [0.25, 0.3) is 0 Å². The van der Waals surface area contributed by atoms with Gasteiger partial charge in [-0.1, -0.05) is 42.8 Å². The predicted octanol–water partition coefficient (Wildman–Crippen LogP) is 2.73. The standard InChI is InChI=1S/C17H23ClN2O3/c1-2-14(23-16-6-4-3-5-15(16)18)10-19-17(22)20-13-8-7-12(9-13)11-21/h3-8,12-14,21H,2,9-11H2,1H3,(H2,19,20,22)/t12-,13+,14?/m0/s1. The average Bonchev–Trinajstić information content (AvgIpc) is 3.00. The monoisotopic (exact) mass is 338 g/mol. The number of para-hydroxylation sites is 1. The highest BCUT2D eigenvalue weighted by molar-refractivity contribution is 6.32. The number of nitrogens with one attached hydrogen (secondary N) is 2. The van der Waals surface area contributed by atoms with Crippen molar-refractivity contribution >= 4 is 17.6 Å². The third-order valence-electron chi connectivity index (χ3n) is 3.80. The second kappa shape index (κ2) is 8.79. The summed E-state index contributed by atoms with van der Waals surface area (Å²) < 4.78 is 5.83. The molecule has 0 saturated carbocycles. The first-order chi connectivity index (χ1) is 11.1. The molecule has 0 spiro atoms. The summed E-state index contributed by atoms with van der Waals surface area (Å²) in [6, 6.07) is 7.02. The molecule has 3 atom stereocenters. The Bertz CT molecular complexity index is 550. The minimum absolute atomic E-state index is 0.0308. The van der Waals surface area contributed by atoms with Crippen LogP contribution >= 0.6 is 11.6 Å². The summed E-state index contributed by atoms with van der Waals surface area (Å²) >= 11 is 6.08. The molecule has 3 N–H and O–H groups in total. The molecular formula is C17H23ClN2O3. The maximum absolute atomic E-state index is 11.9. The number of rotatable bonds is 7. The van der Waals surface area contributed by atoms with E-state index in [1.165, 1.54) is 0 Å². The number of ether oxygens (including phenoxy) is 1. The molecule has 126 valence electrons. The van der Waals surface area contributed by atoms with Crippen molar-refractivity contribution in [1.82, 2.24) is 10.6 Å². The van der Waals surface area contributed by atoms with Gasteiger partial charge in [0.15, 0.2) is 0 Å². The first kappa shape index (κ1) is 17.6. The van der Waals surface area contributed by atoms with Crippen molar-refractivity contribution in [2.75, 3.05) is 13.2 Å².